The molecule has 2 amide bonds. The second kappa shape index (κ2) is 8.52. The number of anilines is 1. The molecule has 2 rings (SSSR count). The predicted octanol–water partition coefficient (Wildman–Crippen LogP) is 2.10. The molecule has 126 valence electrons. The van der Waals surface area contributed by atoms with E-state index in [1.807, 2.05) is 0 Å². The Labute approximate surface area is 139 Å². The van der Waals surface area contributed by atoms with Crippen molar-refractivity contribution in [1.82, 2.24) is 5.32 Å². The zero-order valence-corrected chi connectivity index (χ0v) is 13.2. The Morgan fingerprint density at radius 3 is 2.58 bits per heavy atom. The molecular weight excluding hydrogens is 312 g/mol. The van der Waals surface area contributed by atoms with Gasteiger partial charge < -0.3 is 19.8 Å². The molecule has 24 heavy (non-hydrogen) atoms. The molecular formula is C17H18N2O5. The Balaban J connectivity index is 1.97. The zero-order chi connectivity index (χ0) is 17.4. The van der Waals surface area contributed by atoms with Crippen LogP contribution in [0.5, 0.6) is 0 Å². The molecule has 1 aromatic heterocycles. The largest absolute Gasteiger partial charge is 0.469 e. The number of amides is 2. The Kier molecular flexibility index (Phi) is 6.13. The summed E-state index contributed by atoms with van der Waals surface area (Å²) in [5.74, 6) is -0.542. The lowest BCUT2D eigenvalue weighted by Gasteiger charge is -2.11. The summed E-state index contributed by atoms with van der Waals surface area (Å²) in [6.07, 6.45) is 1.49. The molecule has 0 atom stereocenters. The molecule has 0 bridgehead atoms. The number of ether oxygens (including phenoxy) is 1. The van der Waals surface area contributed by atoms with Crippen molar-refractivity contribution < 1.29 is 23.5 Å². The van der Waals surface area contributed by atoms with Gasteiger partial charge in [0.2, 0.25) is 5.91 Å². The van der Waals surface area contributed by atoms with E-state index in [1.54, 1.807) is 36.4 Å². The van der Waals surface area contributed by atoms with Gasteiger partial charge in [0.05, 0.1) is 37.6 Å². The second-order valence-corrected chi connectivity index (χ2v) is 4.93. The minimum Gasteiger partial charge on any atom is -0.469 e. The van der Waals surface area contributed by atoms with Crippen molar-refractivity contribution in [2.45, 2.75) is 19.4 Å². The van der Waals surface area contributed by atoms with Crippen LogP contribution in [0, 0.1) is 0 Å². The fourth-order valence-corrected chi connectivity index (χ4v) is 2.00. The van der Waals surface area contributed by atoms with Gasteiger partial charge in [-0.3, -0.25) is 14.4 Å². The quantitative estimate of drug-likeness (QED) is 0.758. The maximum atomic E-state index is 12.3. The maximum absolute atomic E-state index is 12.3. The van der Waals surface area contributed by atoms with Gasteiger partial charge in [-0.25, -0.2) is 0 Å². The highest BCUT2D eigenvalue weighted by Gasteiger charge is 2.14. The van der Waals surface area contributed by atoms with Crippen molar-refractivity contribution in [3.8, 4) is 0 Å². The number of methoxy groups -OCH3 is 1. The summed E-state index contributed by atoms with van der Waals surface area (Å²) in [7, 11) is 1.26. The number of furan rings is 1. The van der Waals surface area contributed by atoms with Crippen molar-refractivity contribution >= 4 is 23.5 Å². The molecule has 0 spiro atoms. The van der Waals surface area contributed by atoms with Crippen molar-refractivity contribution in [2.75, 3.05) is 12.4 Å². The Bertz CT molecular complexity index is 710. The summed E-state index contributed by atoms with van der Waals surface area (Å²) in [4.78, 5) is 35.2. The molecule has 1 aromatic carbocycles. The third-order valence-corrected chi connectivity index (χ3v) is 3.23. The van der Waals surface area contributed by atoms with Crippen molar-refractivity contribution in [2.24, 2.45) is 0 Å². The first-order chi connectivity index (χ1) is 11.6. The SMILES string of the molecule is COC(=O)CCC(=O)Nc1ccccc1C(=O)NCc1ccco1. The van der Waals surface area contributed by atoms with Crippen molar-refractivity contribution in [3.63, 3.8) is 0 Å². The van der Waals surface area contributed by atoms with Crippen LogP contribution >= 0.6 is 0 Å². The summed E-state index contributed by atoms with van der Waals surface area (Å²) < 4.78 is 9.64. The van der Waals surface area contributed by atoms with Gasteiger partial charge in [-0.2, -0.15) is 0 Å². The van der Waals surface area contributed by atoms with Gasteiger partial charge in [0, 0.05) is 6.42 Å². The van der Waals surface area contributed by atoms with Crippen LogP contribution in [0.2, 0.25) is 0 Å². The average molecular weight is 330 g/mol. The van der Waals surface area contributed by atoms with E-state index >= 15 is 0 Å². The number of hydrogen-bond donors (Lipinski definition) is 2. The highest BCUT2D eigenvalue weighted by atomic mass is 16.5. The van der Waals surface area contributed by atoms with Crippen LogP contribution < -0.4 is 10.6 Å². The molecule has 0 saturated carbocycles. The van der Waals surface area contributed by atoms with Crippen LogP contribution in [0.15, 0.2) is 47.1 Å². The number of benzene rings is 1. The molecule has 7 heteroatoms. The number of esters is 1. The molecule has 0 aliphatic rings. The number of carbonyl (C=O) groups is 3. The average Bonchev–Trinajstić information content (AvgIpc) is 3.11. The molecule has 0 fully saturated rings. The molecule has 2 N–H and O–H groups in total. The number of nitrogens with one attached hydrogen (secondary N) is 2. The fraction of sp³-hybridized carbons (Fsp3) is 0.235. The van der Waals surface area contributed by atoms with Gasteiger partial charge in [-0.1, -0.05) is 12.1 Å². The predicted molar refractivity (Wildman–Crippen MR) is 86.2 cm³/mol. The summed E-state index contributed by atoms with van der Waals surface area (Å²) >= 11 is 0. The minimum atomic E-state index is -0.463. The van der Waals surface area contributed by atoms with Crippen LogP contribution in [-0.2, 0) is 20.9 Å². The number of para-hydroxylation sites is 1. The minimum absolute atomic E-state index is 0.0187. The van der Waals surface area contributed by atoms with Crippen LogP contribution in [0.4, 0.5) is 5.69 Å². The van der Waals surface area contributed by atoms with Gasteiger partial charge in [-0.05, 0) is 24.3 Å². The Morgan fingerprint density at radius 2 is 1.88 bits per heavy atom. The van der Waals surface area contributed by atoms with E-state index in [1.165, 1.54) is 13.4 Å². The first-order valence-corrected chi connectivity index (χ1v) is 7.36. The molecule has 0 radical (unpaired) electrons. The van der Waals surface area contributed by atoms with Crippen LogP contribution in [-0.4, -0.2) is 24.9 Å². The molecule has 7 nitrogen and oxygen atoms in total. The second-order valence-electron chi connectivity index (χ2n) is 4.93. The van der Waals surface area contributed by atoms with Gasteiger partial charge in [0.15, 0.2) is 0 Å². The van der Waals surface area contributed by atoms with E-state index in [-0.39, 0.29) is 31.2 Å². The molecule has 2 aromatic rings. The van der Waals surface area contributed by atoms with Crippen molar-refractivity contribution in [3.05, 3.63) is 54.0 Å². The van der Waals surface area contributed by atoms with Crippen molar-refractivity contribution in [1.29, 1.82) is 0 Å². The first-order valence-electron chi connectivity index (χ1n) is 7.36. The van der Waals surface area contributed by atoms with Gasteiger partial charge in [0.1, 0.15) is 5.76 Å². The summed E-state index contributed by atoms with van der Waals surface area (Å²) in [5.41, 5.74) is 0.708. The van der Waals surface area contributed by atoms with E-state index in [4.69, 9.17) is 4.42 Å². The lowest BCUT2D eigenvalue weighted by Crippen LogP contribution is -2.24. The Morgan fingerprint density at radius 1 is 1.08 bits per heavy atom. The standard InChI is InChI=1S/C17H18N2O5/c1-23-16(21)9-8-15(20)19-14-7-3-2-6-13(14)17(22)18-11-12-5-4-10-24-12/h2-7,10H,8-9,11H2,1H3,(H,18,22)(H,19,20). The third-order valence-electron chi connectivity index (χ3n) is 3.23. The van der Waals surface area contributed by atoms with Gasteiger partial charge in [-0.15, -0.1) is 0 Å². The highest BCUT2D eigenvalue weighted by Crippen LogP contribution is 2.16. The summed E-state index contributed by atoms with van der Waals surface area (Å²) in [5, 5.41) is 5.35. The van der Waals surface area contributed by atoms with E-state index in [0.717, 1.165) is 0 Å². The molecule has 0 saturated heterocycles. The zero-order valence-electron chi connectivity index (χ0n) is 13.2. The maximum Gasteiger partial charge on any atom is 0.306 e. The van der Waals surface area contributed by atoms with E-state index in [9.17, 15) is 14.4 Å². The van der Waals surface area contributed by atoms with E-state index < -0.39 is 5.97 Å². The summed E-state index contributed by atoms with van der Waals surface area (Å²) in [6.45, 7) is 0.246. The fourth-order valence-electron chi connectivity index (χ4n) is 2.00. The molecule has 0 aliphatic carbocycles. The van der Waals surface area contributed by atoms with Crippen LogP contribution in [0.1, 0.15) is 29.0 Å². The topological polar surface area (TPSA) is 97.6 Å². The highest BCUT2D eigenvalue weighted by molar-refractivity contribution is 6.04. The molecule has 0 aliphatic heterocycles. The smallest absolute Gasteiger partial charge is 0.306 e. The van der Waals surface area contributed by atoms with E-state index in [2.05, 4.69) is 15.4 Å². The monoisotopic (exact) mass is 330 g/mol. The molecule has 0 unspecified atom stereocenters. The summed E-state index contributed by atoms with van der Waals surface area (Å²) in [6, 6.07) is 10.1. The number of hydrogen-bond acceptors (Lipinski definition) is 5. The Hall–Kier alpha value is -3.09. The number of carbonyl (C=O) groups excluding carboxylic acids is 3. The number of rotatable bonds is 7. The van der Waals surface area contributed by atoms with Crippen LogP contribution in [0.3, 0.4) is 0 Å². The first kappa shape index (κ1) is 17.3. The third kappa shape index (κ3) is 4.98. The lowest BCUT2D eigenvalue weighted by molar-refractivity contribution is -0.141. The van der Waals surface area contributed by atoms with E-state index in [0.29, 0.717) is 17.0 Å². The van der Waals surface area contributed by atoms with Gasteiger partial charge >= 0.3 is 5.97 Å². The molecule has 1 heterocycles. The normalized spacial score (nSPS) is 10.0. The van der Waals surface area contributed by atoms with Gasteiger partial charge in [0.25, 0.3) is 5.91 Å². The van der Waals surface area contributed by atoms with Crippen LogP contribution in [0.25, 0.3) is 0 Å². The lowest BCUT2D eigenvalue weighted by atomic mass is 10.1.